The van der Waals surface area contributed by atoms with Crippen LogP contribution < -0.4 is 4.72 Å². The standard InChI is InChI=1S/C18H26F3NO3S/c1-17(2,3)25-16(23)9-12(22-26(24)18(4,5)6)7-11-8-14(20)15(21)10-13(11)19/h8,10,12,22H,7,9H2,1-6H3/t12-,26-/m1/s1. The number of carbonyl (C=O) groups excluding carboxylic acids is 1. The van der Waals surface area contributed by atoms with E-state index < -0.39 is 50.8 Å². The molecule has 0 aliphatic rings. The van der Waals surface area contributed by atoms with Gasteiger partial charge in [-0.25, -0.2) is 22.1 Å². The summed E-state index contributed by atoms with van der Waals surface area (Å²) < 4.78 is 60.2. The van der Waals surface area contributed by atoms with Crippen molar-refractivity contribution in [2.45, 2.75) is 70.8 Å². The Balaban J connectivity index is 3.02. The summed E-state index contributed by atoms with van der Waals surface area (Å²) in [5, 5.41) is 0. The zero-order valence-electron chi connectivity index (χ0n) is 15.9. The van der Waals surface area contributed by atoms with Crippen LogP contribution in [0.4, 0.5) is 13.2 Å². The number of rotatable bonds is 6. The predicted molar refractivity (Wildman–Crippen MR) is 95.3 cm³/mol. The van der Waals surface area contributed by atoms with E-state index in [1.54, 1.807) is 41.5 Å². The van der Waals surface area contributed by atoms with E-state index in [0.29, 0.717) is 6.07 Å². The Morgan fingerprint density at radius 2 is 1.62 bits per heavy atom. The van der Waals surface area contributed by atoms with Gasteiger partial charge in [0.1, 0.15) is 11.4 Å². The summed E-state index contributed by atoms with van der Waals surface area (Å²) in [5.41, 5.74) is -0.825. The third-order valence-electron chi connectivity index (χ3n) is 3.22. The number of hydrogen-bond donors (Lipinski definition) is 1. The molecule has 8 heteroatoms. The van der Waals surface area contributed by atoms with Crippen LogP contribution in [0.3, 0.4) is 0 Å². The van der Waals surface area contributed by atoms with Crippen LogP contribution in [0.5, 0.6) is 0 Å². The van der Waals surface area contributed by atoms with Gasteiger partial charge in [0, 0.05) is 12.1 Å². The summed E-state index contributed by atoms with van der Waals surface area (Å²) in [7, 11) is -1.55. The normalized spacial score (nSPS) is 14.8. The molecule has 1 aromatic carbocycles. The van der Waals surface area contributed by atoms with Crippen LogP contribution in [0.15, 0.2) is 12.1 Å². The topological polar surface area (TPSA) is 55.4 Å². The van der Waals surface area contributed by atoms with Gasteiger partial charge in [-0.05, 0) is 59.6 Å². The minimum atomic E-state index is -1.55. The molecule has 0 heterocycles. The predicted octanol–water partition coefficient (Wildman–Crippen LogP) is 3.80. The van der Waals surface area contributed by atoms with Gasteiger partial charge in [0.25, 0.3) is 0 Å². The molecule has 0 spiro atoms. The van der Waals surface area contributed by atoms with E-state index in [0.717, 1.165) is 6.07 Å². The van der Waals surface area contributed by atoms with E-state index in [-0.39, 0.29) is 18.4 Å². The van der Waals surface area contributed by atoms with Gasteiger partial charge in [0.05, 0.1) is 22.2 Å². The minimum absolute atomic E-state index is 0.115. The van der Waals surface area contributed by atoms with Crippen molar-refractivity contribution in [2.75, 3.05) is 0 Å². The molecule has 0 bridgehead atoms. The summed E-state index contributed by atoms with van der Waals surface area (Å²) in [6.45, 7) is 10.3. The van der Waals surface area contributed by atoms with Crippen LogP contribution in [0.25, 0.3) is 0 Å². The van der Waals surface area contributed by atoms with Crippen molar-refractivity contribution in [2.24, 2.45) is 0 Å². The number of halogens is 3. The van der Waals surface area contributed by atoms with E-state index in [9.17, 15) is 22.2 Å². The Hall–Kier alpha value is -1.41. The number of benzene rings is 1. The van der Waals surface area contributed by atoms with Crippen molar-refractivity contribution in [1.82, 2.24) is 4.72 Å². The average molecular weight is 393 g/mol. The fourth-order valence-electron chi connectivity index (χ4n) is 2.05. The molecule has 0 amide bonds. The maximum atomic E-state index is 13.9. The molecule has 0 aliphatic carbocycles. The molecule has 0 unspecified atom stereocenters. The minimum Gasteiger partial charge on any atom is -0.460 e. The molecule has 0 aromatic heterocycles. The summed E-state index contributed by atoms with van der Waals surface area (Å²) in [6.07, 6.45) is -0.346. The van der Waals surface area contributed by atoms with Gasteiger partial charge >= 0.3 is 5.97 Å². The summed E-state index contributed by atoms with van der Waals surface area (Å²) in [6, 6.07) is 0.425. The van der Waals surface area contributed by atoms with Crippen molar-refractivity contribution >= 4 is 17.0 Å². The van der Waals surface area contributed by atoms with Crippen molar-refractivity contribution in [3.8, 4) is 0 Å². The lowest BCUT2D eigenvalue weighted by atomic mass is 10.0. The Labute approximate surface area is 155 Å². The highest BCUT2D eigenvalue weighted by molar-refractivity contribution is 7.84. The highest BCUT2D eigenvalue weighted by atomic mass is 32.2. The average Bonchev–Trinajstić information content (AvgIpc) is 2.41. The molecule has 26 heavy (non-hydrogen) atoms. The Morgan fingerprint density at radius 1 is 1.08 bits per heavy atom. The number of nitrogens with one attached hydrogen (secondary N) is 1. The lowest BCUT2D eigenvalue weighted by Crippen LogP contribution is -2.42. The van der Waals surface area contributed by atoms with E-state index in [1.807, 2.05) is 0 Å². The van der Waals surface area contributed by atoms with E-state index in [4.69, 9.17) is 4.74 Å². The molecule has 0 saturated heterocycles. The number of carbonyl (C=O) groups is 1. The molecular weight excluding hydrogens is 367 g/mol. The first-order valence-electron chi connectivity index (χ1n) is 8.22. The van der Waals surface area contributed by atoms with Crippen LogP contribution in [0.1, 0.15) is 53.5 Å². The van der Waals surface area contributed by atoms with Crippen molar-refractivity contribution in [3.05, 3.63) is 35.1 Å². The second-order valence-electron chi connectivity index (χ2n) is 8.05. The fraction of sp³-hybridized carbons (Fsp3) is 0.611. The first-order valence-corrected chi connectivity index (χ1v) is 9.37. The Bertz CT molecular complexity index is 681. The maximum absolute atomic E-state index is 13.9. The van der Waals surface area contributed by atoms with Gasteiger partial charge in [-0.2, -0.15) is 0 Å². The fourth-order valence-corrected chi connectivity index (χ4v) is 2.88. The van der Waals surface area contributed by atoms with Crippen LogP contribution in [-0.2, 0) is 26.9 Å². The first kappa shape index (κ1) is 22.6. The lowest BCUT2D eigenvalue weighted by Gasteiger charge is -2.26. The smallest absolute Gasteiger partial charge is 0.307 e. The molecule has 4 nitrogen and oxygen atoms in total. The molecule has 0 aliphatic heterocycles. The van der Waals surface area contributed by atoms with Crippen LogP contribution in [-0.4, -0.2) is 26.6 Å². The second kappa shape index (κ2) is 8.52. The Kier molecular flexibility index (Phi) is 7.42. The zero-order chi connectivity index (χ0) is 20.3. The van der Waals surface area contributed by atoms with E-state index >= 15 is 0 Å². The largest absolute Gasteiger partial charge is 0.460 e. The Morgan fingerprint density at radius 3 is 2.12 bits per heavy atom. The van der Waals surface area contributed by atoms with Crippen LogP contribution >= 0.6 is 0 Å². The van der Waals surface area contributed by atoms with Gasteiger partial charge in [-0.15, -0.1) is 0 Å². The highest BCUT2D eigenvalue weighted by Crippen LogP contribution is 2.19. The number of esters is 1. The molecule has 0 fully saturated rings. The molecular formula is C18H26F3NO3S. The van der Waals surface area contributed by atoms with Gasteiger partial charge in [0.2, 0.25) is 0 Å². The van der Waals surface area contributed by atoms with Crippen molar-refractivity contribution in [3.63, 3.8) is 0 Å². The number of ether oxygens (including phenoxy) is 1. The summed E-state index contributed by atoms with van der Waals surface area (Å²) in [5.74, 6) is -3.97. The molecule has 1 rings (SSSR count). The summed E-state index contributed by atoms with van der Waals surface area (Å²) >= 11 is 0. The molecule has 148 valence electrons. The lowest BCUT2D eigenvalue weighted by molar-refractivity contribution is -0.155. The van der Waals surface area contributed by atoms with E-state index in [2.05, 4.69) is 4.72 Å². The second-order valence-corrected chi connectivity index (χ2v) is 10.0. The SMILES string of the molecule is CC(C)(C)OC(=O)C[C@@H](Cc1cc(F)c(F)cc1F)N[S@](=O)C(C)(C)C. The molecule has 0 radical (unpaired) electrons. The van der Waals surface area contributed by atoms with Gasteiger partial charge in [-0.3, -0.25) is 4.79 Å². The van der Waals surface area contributed by atoms with E-state index in [1.165, 1.54) is 0 Å². The summed E-state index contributed by atoms with van der Waals surface area (Å²) in [4.78, 5) is 12.1. The highest BCUT2D eigenvalue weighted by Gasteiger charge is 2.27. The van der Waals surface area contributed by atoms with Crippen LogP contribution in [0.2, 0.25) is 0 Å². The molecule has 0 saturated carbocycles. The third kappa shape index (κ3) is 7.45. The monoisotopic (exact) mass is 393 g/mol. The van der Waals surface area contributed by atoms with Gasteiger partial charge < -0.3 is 4.74 Å². The first-order chi connectivity index (χ1) is 11.7. The van der Waals surface area contributed by atoms with Crippen LogP contribution in [0, 0.1) is 17.5 Å². The van der Waals surface area contributed by atoms with Gasteiger partial charge in [0.15, 0.2) is 11.6 Å². The maximum Gasteiger partial charge on any atom is 0.307 e. The molecule has 2 atom stereocenters. The van der Waals surface area contributed by atoms with Crippen molar-refractivity contribution < 1.29 is 26.9 Å². The zero-order valence-corrected chi connectivity index (χ0v) is 16.7. The molecule has 1 aromatic rings. The van der Waals surface area contributed by atoms with Crippen molar-refractivity contribution in [1.29, 1.82) is 0 Å². The van der Waals surface area contributed by atoms with Gasteiger partial charge in [-0.1, -0.05) is 0 Å². The third-order valence-corrected chi connectivity index (χ3v) is 4.88. The molecule has 1 N–H and O–H groups in total. The number of hydrogen-bond acceptors (Lipinski definition) is 3. The quantitative estimate of drug-likeness (QED) is 0.591.